The first-order valence-corrected chi connectivity index (χ1v) is 8.94. The van der Waals surface area contributed by atoms with Gasteiger partial charge in [0, 0.05) is 16.2 Å². The van der Waals surface area contributed by atoms with Gasteiger partial charge in [-0.05, 0) is 47.5 Å². The molecule has 1 N–H and O–H groups in total. The van der Waals surface area contributed by atoms with E-state index in [1.807, 2.05) is 6.07 Å². The van der Waals surface area contributed by atoms with Crippen LogP contribution in [-0.2, 0) is 6.42 Å². The fraction of sp³-hybridized carbons (Fsp3) is 0.176. The molecule has 0 aliphatic carbocycles. The highest BCUT2D eigenvalue weighted by Crippen LogP contribution is 2.31. The van der Waals surface area contributed by atoms with Crippen molar-refractivity contribution >= 4 is 40.0 Å². The Morgan fingerprint density at radius 3 is 2.57 bits per heavy atom. The van der Waals surface area contributed by atoms with Gasteiger partial charge in [0.1, 0.15) is 0 Å². The van der Waals surface area contributed by atoms with Crippen molar-refractivity contribution in [1.29, 1.82) is 0 Å². The van der Waals surface area contributed by atoms with Gasteiger partial charge in [-0.3, -0.25) is 0 Å². The van der Waals surface area contributed by atoms with Crippen LogP contribution < -0.4 is 5.32 Å². The van der Waals surface area contributed by atoms with E-state index in [1.54, 1.807) is 22.7 Å². The smallest absolute Gasteiger partial charge is 0.0655 e. The molecule has 4 heteroatoms. The molecule has 1 unspecified atom stereocenters. The number of hydrogen-bond donors (Lipinski definition) is 1. The van der Waals surface area contributed by atoms with Crippen LogP contribution in [0, 0.1) is 6.92 Å². The van der Waals surface area contributed by atoms with E-state index < -0.39 is 0 Å². The van der Waals surface area contributed by atoms with Crippen LogP contribution in [0.5, 0.6) is 0 Å². The standard InChI is InChI=1S/C17H16ClNS2/c1-12-6-7-15(14(18)10-12)19-16(17-5-3-9-21-17)11-13-4-2-8-20-13/h2-10,16,19H,11H2,1H3. The first-order chi connectivity index (χ1) is 10.2. The lowest BCUT2D eigenvalue weighted by Crippen LogP contribution is -2.12. The molecule has 0 radical (unpaired) electrons. The van der Waals surface area contributed by atoms with Crippen LogP contribution in [0.25, 0.3) is 0 Å². The van der Waals surface area contributed by atoms with E-state index in [2.05, 4.69) is 59.4 Å². The van der Waals surface area contributed by atoms with Crippen molar-refractivity contribution < 1.29 is 0 Å². The predicted octanol–water partition coefficient (Wildman–Crippen LogP) is 6.17. The number of anilines is 1. The summed E-state index contributed by atoms with van der Waals surface area (Å²) in [5, 5.41) is 8.63. The van der Waals surface area contributed by atoms with Crippen molar-refractivity contribution in [3.63, 3.8) is 0 Å². The molecule has 2 heterocycles. The molecule has 1 aromatic carbocycles. The number of thiophene rings is 2. The Labute approximate surface area is 138 Å². The summed E-state index contributed by atoms with van der Waals surface area (Å²) in [7, 11) is 0. The molecular formula is C17H16ClNS2. The maximum absolute atomic E-state index is 6.36. The Morgan fingerprint density at radius 2 is 1.90 bits per heavy atom. The van der Waals surface area contributed by atoms with Crippen LogP contribution in [-0.4, -0.2) is 0 Å². The minimum Gasteiger partial charge on any atom is -0.376 e. The van der Waals surface area contributed by atoms with Gasteiger partial charge >= 0.3 is 0 Å². The summed E-state index contributed by atoms with van der Waals surface area (Å²) >= 11 is 9.94. The third kappa shape index (κ3) is 3.67. The molecular weight excluding hydrogens is 318 g/mol. The van der Waals surface area contributed by atoms with Crippen LogP contribution in [0.3, 0.4) is 0 Å². The summed E-state index contributed by atoms with van der Waals surface area (Å²) in [6, 6.07) is 15.0. The minimum atomic E-state index is 0.254. The Balaban J connectivity index is 1.85. The van der Waals surface area contributed by atoms with E-state index in [1.165, 1.54) is 15.3 Å². The summed E-state index contributed by atoms with van der Waals surface area (Å²) in [6.45, 7) is 2.05. The molecule has 3 aromatic rings. The predicted molar refractivity (Wildman–Crippen MR) is 94.9 cm³/mol. The van der Waals surface area contributed by atoms with Crippen molar-refractivity contribution in [2.75, 3.05) is 5.32 Å². The highest BCUT2D eigenvalue weighted by molar-refractivity contribution is 7.10. The first kappa shape index (κ1) is 14.6. The maximum atomic E-state index is 6.36. The van der Waals surface area contributed by atoms with E-state index in [0.29, 0.717) is 0 Å². The van der Waals surface area contributed by atoms with Gasteiger partial charge in [-0.2, -0.15) is 0 Å². The Bertz CT molecular complexity index is 690. The van der Waals surface area contributed by atoms with Crippen LogP contribution in [0.4, 0.5) is 5.69 Å². The lowest BCUT2D eigenvalue weighted by Gasteiger charge is -2.19. The SMILES string of the molecule is Cc1ccc(NC(Cc2cccs2)c2cccs2)c(Cl)c1. The average molecular weight is 334 g/mol. The minimum absolute atomic E-state index is 0.254. The molecule has 21 heavy (non-hydrogen) atoms. The van der Waals surface area contributed by atoms with Crippen molar-refractivity contribution in [1.82, 2.24) is 0 Å². The van der Waals surface area contributed by atoms with Gasteiger partial charge in [-0.25, -0.2) is 0 Å². The number of rotatable bonds is 5. The lowest BCUT2D eigenvalue weighted by atomic mass is 10.1. The molecule has 0 aliphatic rings. The number of nitrogens with one attached hydrogen (secondary N) is 1. The van der Waals surface area contributed by atoms with Gasteiger partial charge in [-0.1, -0.05) is 29.8 Å². The van der Waals surface area contributed by atoms with Gasteiger partial charge in [-0.15, -0.1) is 22.7 Å². The largest absolute Gasteiger partial charge is 0.376 e. The van der Waals surface area contributed by atoms with Gasteiger partial charge in [0.25, 0.3) is 0 Å². The third-order valence-electron chi connectivity index (χ3n) is 3.33. The highest BCUT2D eigenvalue weighted by atomic mass is 35.5. The molecule has 0 bridgehead atoms. The Hall–Kier alpha value is -1.29. The second-order valence-corrected chi connectivity index (χ2v) is 7.40. The second kappa shape index (κ2) is 6.65. The van der Waals surface area contributed by atoms with Gasteiger partial charge in [0.2, 0.25) is 0 Å². The zero-order chi connectivity index (χ0) is 14.7. The zero-order valence-corrected chi connectivity index (χ0v) is 14.1. The van der Waals surface area contributed by atoms with Crippen molar-refractivity contribution in [3.8, 4) is 0 Å². The fourth-order valence-corrected chi connectivity index (χ4v) is 4.09. The molecule has 1 atom stereocenters. The van der Waals surface area contributed by atoms with Gasteiger partial charge < -0.3 is 5.32 Å². The van der Waals surface area contributed by atoms with Gasteiger partial charge in [0.05, 0.1) is 16.8 Å². The zero-order valence-electron chi connectivity index (χ0n) is 11.7. The third-order valence-corrected chi connectivity index (χ3v) is 5.52. The molecule has 0 aliphatic heterocycles. The van der Waals surface area contributed by atoms with E-state index in [0.717, 1.165) is 17.1 Å². The highest BCUT2D eigenvalue weighted by Gasteiger charge is 2.15. The van der Waals surface area contributed by atoms with Crippen LogP contribution in [0.2, 0.25) is 5.02 Å². The van der Waals surface area contributed by atoms with Crippen molar-refractivity contribution in [2.24, 2.45) is 0 Å². The molecule has 2 aromatic heterocycles. The molecule has 108 valence electrons. The van der Waals surface area contributed by atoms with Crippen LogP contribution in [0.15, 0.2) is 53.2 Å². The van der Waals surface area contributed by atoms with Gasteiger partial charge in [0.15, 0.2) is 0 Å². The summed E-state index contributed by atoms with van der Waals surface area (Å²) < 4.78 is 0. The summed E-state index contributed by atoms with van der Waals surface area (Å²) in [5.41, 5.74) is 2.17. The van der Waals surface area contributed by atoms with Crippen LogP contribution in [0.1, 0.15) is 21.4 Å². The number of aryl methyl sites for hydroxylation is 1. The quantitative estimate of drug-likeness (QED) is 0.589. The lowest BCUT2D eigenvalue weighted by molar-refractivity contribution is 0.802. The summed E-state index contributed by atoms with van der Waals surface area (Å²) in [5.74, 6) is 0. The maximum Gasteiger partial charge on any atom is 0.0655 e. The monoisotopic (exact) mass is 333 g/mol. The molecule has 0 spiro atoms. The average Bonchev–Trinajstić information content (AvgIpc) is 3.13. The molecule has 1 nitrogen and oxygen atoms in total. The van der Waals surface area contributed by atoms with E-state index in [4.69, 9.17) is 11.6 Å². The normalized spacial score (nSPS) is 12.3. The number of benzene rings is 1. The molecule has 0 amide bonds. The molecule has 0 saturated heterocycles. The number of halogens is 1. The van der Waals surface area contributed by atoms with E-state index >= 15 is 0 Å². The summed E-state index contributed by atoms with van der Waals surface area (Å²) in [6.07, 6.45) is 0.975. The second-order valence-electron chi connectivity index (χ2n) is 4.98. The topological polar surface area (TPSA) is 12.0 Å². The van der Waals surface area contributed by atoms with E-state index in [-0.39, 0.29) is 6.04 Å². The Kier molecular flexibility index (Phi) is 4.63. The van der Waals surface area contributed by atoms with Crippen LogP contribution >= 0.6 is 34.3 Å². The summed E-state index contributed by atoms with van der Waals surface area (Å²) in [4.78, 5) is 2.71. The Morgan fingerprint density at radius 1 is 1.10 bits per heavy atom. The number of hydrogen-bond acceptors (Lipinski definition) is 3. The van der Waals surface area contributed by atoms with Crippen molar-refractivity contribution in [3.05, 3.63) is 73.6 Å². The fourth-order valence-electron chi connectivity index (χ4n) is 2.27. The molecule has 0 saturated carbocycles. The van der Waals surface area contributed by atoms with Crippen molar-refractivity contribution in [2.45, 2.75) is 19.4 Å². The molecule has 3 rings (SSSR count). The molecule has 0 fully saturated rings. The van der Waals surface area contributed by atoms with E-state index in [9.17, 15) is 0 Å². The first-order valence-electron chi connectivity index (χ1n) is 6.81.